The Morgan fingerprint density at radius 3 is 2.35 bits per heavy atom. The van der Waals surface area contributed by atoms with Crippen LogP contribution in [-0.2, 0) is 6.54 Å². The van der Waals surface area contributed by atoms with Crippen LogP contribution >= 0.6 is 11.6 Å². The Kier molecular flexibility index (Phi) is 4.69. The number of anilines is 1. The van der Waals surface area contributed by atoms with Crippen LogP contribution in [0.25, 0.3) is 0 Å². The van der Waals surface area contributed by atoms with Gasteiger partial charge in [-0.2, -0.15) is 0 Å². The van der Waals surface area contributed by atoms with E-state index in [9.17, 15) is 0 Å². The summed E-state index contributed by atoms with van der Waals surface area (Å²) >= 11 is 6.22. The molecule has 0 aliphatic carbocycles. The minimum Gasteiger partial charge on any atom is -0.371 e. The predicted octanol–water partition coefficient (Wildman–Crippen LogP) is 3.57. The van der Waals surface area contributed by atoms with Crippen LogP contribution in [0.15, 0.2) is 18.2 Å². The molecule has 2 N–H and O–H groups in total. The number of hydrogen-bond acceptors (Lipinski definition) is 2. The molecule has 1 aliphatic rings. The Morgan fingerprint density at radius 2 is 1.71 bits per heavy atom. The van der Waals surface area contributed by atoms with Crippen LogP contribution in [0.5, 0.6) is 0 Å². The van der Waals surface area contributed by atoms with E-state index in [1.165, 1.54) is 37.8 Å². The number of hydrogen-bond donors (Lipinski definition) is 1. The van der Waals surface area contributed by atoms with Gasteiger partial charge in [-0.1, -0.05) is 36.9 Å². The molecule has 17 heavy (non-hydrogen) atoms. The molecule has 94 valence electrons. The van der Waals surface area contributed by atoms with Crippen molar-refractivity contribution in [3.8, 4) is 0 Å². The summed E-state index contributed by atoms with van der Waals surface area (Å²) < 4.78 is 0. The first kappa shape index (κ1) is 12.7. The van der Waals surface area contributed by atoms with Crippen molar-refractivity contribution in [1.82, 2.24) is 0 Å². The largest absolute Gasteiger partial charge is 0.371 e. The van der Waals surface area contributed by atoms with Crippen molar-refractivity contribution in [3.63, 3.8) is 0 Å². The molecule has 0 atom stereocenters. The van der Waals surface area contributed by atoms with Gasteiger partial charge in [0.05, 0.1) is 0 Å². The van der Waals surface area contributed by atoms with Gasteiger partial charge in [0.15, 0.2) is 0 Å². The minimum atomic E-state index is 0.519. The number of benzene rings is 1. The monoisotopic (exact) mass is 252 g/mol. The third kappa shape index (κ3) is 3.14. The molecule has 1 saturated heterocycles. The van der Waals surface area contributed by atoms with E-state index >= 15 is 0 Å². The van der Waals surface area contributed by atoms with Gasteiger partial charge in [-0.15, -0.1) is 0 Å². The van der Waals surface area contributed by atoms with Crippen LogP contribution in [0.4, 0.5) is 5.69 Å². The van der Waals surface area contributed by atoms with Crippen molar-refractivity contribution in [2.75, 3.05) is 18.0 Å². The molecule has 1 heterocycles. The molecule has 2 nitrogen and oxygen atoms in total. The van der Waals surface area contributed by atoms with Gasteiger partial charge >= 0.3 is 0 Å². The summed E-state index contributed by atoms with van der Waals surface area (Å²) in [6.07, 6.45) is 6.62. The van der Waals surface area contributed by atoms with Crippen LogP contribution in [0.3, 0.4) is 0 Å². The van der Waals surface area contributed by atoms with Crippen LogP contribution in [0.1, 0.15) is 37.7 Å². The number of nitrogens with two attached hydrogens (primary N) is 1. The Balaban J connectivity index is 2.21. The van der Waals surface area contributed by atoms with Gasteiger partial charge in [0.25, 0.3) is 0 Å². The molecule has 0 bridgehead atoms. The van der Waals surface area contributed by atoms with E-state index in [-0.39, 0.29) is 0 Å². The van der Waals surface area contributed by atoms with E-state index in [1.807, 2.05) is 12.1 Å². The maximum absolute atomic E-state index is 6.22. The summed E-state index contributed by atoms with van der Waals surface area (Å²) in [5, 5.41) is 0.798. The third-order valence-corrected chi connectivity index (χ3v) is 3.85. The van der Waals surface area contributed by atoms with E-state index < -0.39 is 0 Å². The van der Waals surface area contributed by atoms with Crippen molar-refractivity contribution in [2.45, 2.75) is 38.6 Å². The average molecular weight is 253 g/mol. The molecule has 1 fully saturated rings. The van der Waals surface area contributed by atoms with Crippen molar-refractivity contribution in [3.05, 3.63) is 28.8 Å². The predicted molar refractivity (Wildman–Crippen MR) is 74.6 cm³/mol. The van der Waals surface area contributed by atoms with E-state index in [1.54, 1.807) is 0 Å². The highest BCUT2D eigenvalue weighted by atomic mass is 35.5. The van der Waals surface area contributed by atoms with E-state index in [2.05, 4.69) is 11.0 Å². The molecule has 0 saturated carbocycles. The normalized spacial score (nSPS) is 17.6. The molecule has 0 aromatic heterocycles. The summed E-state index contributed by atoms with van der Waals surface area (Å²) in [4.78, 5) is 2.45. The lowest BCUT2D eigenvalue weighted by Gasteiger charge is -2.29. The Labute approximate surface area is 109 Å². The zero-order valence-corrected chi connectivity index (χ0v) is 11.0. The summed E-state index contributed by atoms with van der Waals surface area (Å²) in [5.74, 6) is 0. The Morgan fingerprint density at radius 1 is 1.06 bits per heavy atom. The van der Waals surface area contributed by atoms with E-state index in [0.29, 0.717) is 6.54 Å². The topological polar surface area (TPSA) is 29.3 Å². The van der Waals surface area contributed by atoms with Gasteiger partial charge in [0.1, 0.15) is 0 Å². The standard InChI is InChI=1S/C14H21ClN2/c15-13-7-6-8-14(12(13)11-16)17-9-4-2-1-3-5-10-17/h6-8H,1-5,9-11,16H2. The number of rotatable bonds is 2. The fraction of sp³-hybridized carbons (Fsp3) is 0.571. The Bertz CT molecular complexity index is 357. The lowest BCUT2D eigenvalue weighted by molar-refractivity contribution is 0.555. The molecule has 0 amide bonds. The summed E-state index contributed by atoms with van der Waals surface area (Å²) in [5.41, 5.74) is 8.15. The fourth-order valence-electron chi connectivity index (χ4n) is 2.53. The smallest absolute Gasteiger partial charge is 0.0471 e. The summed E-state index contributed by atoms with van der Waals surface area (Å²) in [6.45, 7) is 2.78. The lowest BCUT2D eigenvalue weighted by Crippen LogP contribution is -2.28. The number of nitrogens with zero attached hydrogens (tertiary/aromatic N) is 1. The van der Waals surface area contributed by atoms with Gasteiger partial charge in [-0.3, -0.25) is 0 Å². The van der Waals surface area contributed by atoms with Crippen LogP contribution in [-0.4, -0.2) is 13.1 Å². The van der Waals surface area contributed by atoms with Crippen LogP contribution in [0.2, 0.25) is 5.02 Å². The number of halogens is 1. The molecule has 2 rings (SSSR count). The highest BCUT2D eigenvalue weighted by Crippen LogP contribution is 2.28. The molecule has 1 aromatic carbocycles. The first-order chi connectivity index (χ1) is 8.33. The molecule has 0 radical (unpaired) electrons. The van der Waals surface area contributed by atoms with E-state index in [0.717, 1.165) is 23.7 Å². The van der Waals surface area contributed by atoms with Crippen LogP contribution in [0, 0.1) is 0 Å². The fourth-order valence-corrected chi connectivity index (χ4v) is 2.78. The second kappa shape index (κ2) is 6.27. The van der Waals surface area contributed by atoms with Gasteiger partial charge in [-0.05, 0) is 25.0 Å². The Hall–Kier alpha value is -0.730. The summed E-state index contributed by atoms with van der Waals surface area (Å²) in [6, 6.07) is 6.10. The second-order valence-electron chi connectivity index (χ2n) is 4.70. The first-order valence-corrected chi connectivity index (χ1v) is 6.93. The minimum absolute atomic E-state index is 0.519. The maximum Gasteiger partial charge on any atom is 0.0471 e. The lowest BCUT2D eigenvalue weighted by atomic mass is 10.1. The first-order valence-electron chi connectivity index (χ1n) is 6.55. The van der Waals surface area contributed by atoms with Crippen LogP contribution < -0.4 is 10.6 Å². The summed E-state index contributed by atoms with van der Waals surface area (Å²) in [7, 11) is 0. The van der Waals surface area contributed by atoms with Gasteiger partial charge in [0, 0.05) is 35.9 Å². The van der Waals surface area contributed by atoms with E-state index in [4.69, 9.17) is 17.3 Å². The van der Waals surface area contributed by atoms with Gasteiger partial charge < -0.3 is 10.6 Å². The molecular formula is C14H21ClN2. The quantitative estimate of drug-likeness (QED) is 0.872. The zero-order valence-electron chi connectivity index (χ0n) is 10.3. The highest BCUT2D eigenvalue weighted by molar-refractivity contribution is 6.31. The van der Waals surface area contributed by atoms with Crippen molar-refractivity contribution < 1.29 is 0 Å². The second-order valence-corrected chi connectivity index (χ2v) is 5.10. The zero-order chi connectivity index (χ0) is 12.1. The van der Waals surface area contributed by atoms with Crippen molar-refractivity contribution >= 4 is 17.3 Å². The molecule has 0 unspecified atom stereocenters. The molecule has 0 spiro atoms. The maximum atomic E-state index is 6.22. The molecule has 1 aromatic rings. The SMILES string of the molecule is NCc1c(Cl)cccc1N1CCCCCCC1. The molecular weight excluding hydrogens is 232 g/mol. The van der Waals surface area contributed by atoms with Gasteiger partial charge in [0.2, 0.25) is 0 Å². The molecule has 1 aliphatic heterocycles. The van der Waals surface area contributed by atoms with Gasteiger partial charge in [-0.25, -0.2) is 0 Å². The van der Waals surface area contributed by atoms with Crippen molar-refractivity contribution in [1.29, 1.82) is 0 Å². The third-order valence-electron chi connectivity index (χ3n) is 3.50. The molecule has 3 heteroatoms. The highest BCUT2D eigenvalue weighted by Gasteiger charge is 2.13. The van der Waals surface area contributed by atoms with Crippen molar-refractivity contribution in [2.24, 2.45) is 5.73 Å². The average Bonchev–Trinajstić information content (AvgIpc) is 2.28.